The van der Waals surface area contributed by atoms with Crippen LogP contribution in [0.3, 0.4) is 0 Å². The SMILES string of the molecule is CC1(C)Oc2cc(N3CCCC3=O)ccc2C(=C/N)/C1=N\Nc1cnc2c(c1)N(O)CCO2.CCN(CC)CCN.[HH].[HH]. The maximum Gasteiger partial charge on any atom is 0.240 e. The Kier molecular flexibility index (Phi) is 9.69. The lowest BCUT2D eigenvalue weighted by molar-refractivity contribution is -0.117. The number of rotatable bonds is 7. The predicted octanol–water partition coefficient (Wildman–Crippen LogP) is 3.51. The summed E-state index contributed by atoms with van der Waals surface area (Å²) < 4.78 is 11.8. The second-order valence-corrected chi connectivity index (χ2v) is 10.4. The number of benzene rings is 1. The maximum atomic E-state index is 12.2. The number of fused-ring (bicyclic) bond motifs is 2. The second kappa shape index (κ2) is 13.2. The Morgan fingerprint density at radius 2 is 2.05 bits per heavy atom. The Hall–Kier alpha value is -3.87. The molecule has 12 nitrogen and oxygen atoms in total. The summed E-state index contributed by atoms with van der Waals surface area (Å²) in [4.78, 5) is 20.5. The summed E-state index contributed by atoms with van der Waals surface area (Å²) in [6, 6.07) is 7.40. The van der Waals surface area contributed by atoms with Crippen molar-refractivity contribution in [3.05, 3.63) is 42.2 Å². The van der Waals surface area contributed by atoms with Crippen LogP contribution in [0.15, 0.2) is 41.8 Å². The number of ether oxygens (including phenoxy) is 2. The van der Waals surface area contributed by atoms with Gasteiger partial charge in [0.25, 0.3) is 0 Å². The van der Waals surface area contributed by atoms with E-state index in [0.29, 0.717) is 54.8 Å². The highest BCUT2D eigenvalue weighted by atomic mass is 16.5. The van der Waals surface area contributed by atoms with Crippen LogP contribution >= 0.6 is 0 Å². The molecule has 0 bridgehead atoms. The van der Waals surface area contributed by atoms with Crippen molar-refractivity contribution in [2.45, 2.75) is 46.1 Å². The van der Waals surface area contributed by atoms with Gasteiger partial charge in [-0.2, -0.15) is 5.10 Å². The van der Waals surface area contributed by atoms with Gasteiger partial charge in [-0.3, -0.25) is 15.4 Å². The van der Waals surface area contributed by atoms with Crippen LogP contribution in [0, 0.1) is 0 Å². The molecule has 1 saturated heterocycles. The molecule has 41 heavy (non-hydrogen) atoms. The van der Waals surface area contributed by atoms with E-state index < -0.39 is 5.60 Å². The molecule has 0 aliphatic carbocycles. The molecule has 226 valence electrons. The Labute approximate surface area is 244 Å². The zero-order valence-electron chi connectivity index (χ0n) is 24.4. The normalized spacial score (nSPS) is 19.3. The number of anilines is 3. The highest BCUT2D eigenvalue weighted by Crippen LogP contribution is 2.41. The molecule has 4 heterocycles. The smallest absolute Gasteiger partial charge is 0.240 e. The van der Waals surface area contributed by atoms with Crippen LogP contribution in [0.4, 0.5) is 17.1 Å². The third-order valence-corrected chi connectivity index (χ3v) is 7.29. The largest absolute Gasteiger partial charge is 0.481 e. The second-order valence-electron chi connectivity index (χ2n) is 10.4. The summed E-state index contributed by atoms with van der Waals surface area (Å²) in [6.07, 6.45) is 4.52. The number of nitrogens with zero attached hydrogens (tertiary/aromatic N) is 5. The van der Waals surface area contributed by atoms with Crippen molar-refractivity contribution < 1.29 is 22.3 Å². The topological polar surface area (TPSA) is 155 Å². The molecule has 0 atom stereocenters. The lowest BCUT2D eigenvalue weighted by atomic mass is 9.87. The minimum Gasteiger partial charge on any atom is -0.481 e. The monoisotopic (exact) mass is 570 g/mol. The molecule has 3 aliphatic heterocycles. The average molecular weight is 571 g/mol. The number of hydrazone groups is 1. The van der Waals surface area contributed by atoms with E-state index in [9.17, 15) is 10.0 Å². The summed E-state index contributed by atoms with van der Waals surface area (Å²) >= 11 is 0. The molecule has 1 aromatic heterocycles. The minimum atomic E-state index is -0.799. The van der Waals surface area contributed by atoms with E-state index in [0.717, 1.165) is 54.5 Å². The standard InChI is InChI=1S/C23H26N6O4.C6H16N2.2H2/c1-23(2)21(27-26-14-10-18-22(25-13-14)32-9-8-29(18)31)17(12-24)16-6-5-15(11-19(16)33-23)28-7-3-4-20(28)30;1-3-8(4-2)6-5-7;;/h5-6,10-13,26,31H,3-4,7-9,24H2,1-2H3;3-7H2,1-2H3;2*1H/b17-12-,27-21+;;;. The van der Waals surface area contributed by atoms with Crippen molar-refractivity contribution in [3.63, 3.8) is 0 Å². The van der Waals surface area contributed by atoms with Crippen LogP contribution in [-0.4, -0.2) is 78.2 Å². The van der Waals surface area contributed by atoms with Crippen LogP contribution in [0.5, 0.6) is 11.6 Å². The summed E-state index contributed by atoms with van der Waals surface area (Å²) in [5.74, 6) is 1.14. The number of amides is 1. The highest BCUT2D eigenvalue weighted by Gasteiger charge is 2.38. The number of likely N-dealkylation sites (N-methyl/N-ethyl adjacent to an activating group) is 1. The molecule has 0 saturated carbocycles. The molecule has 2 aromatic rings. The molecular formula is C29H46N8O4. The van der Waals surface area contributed by atoms with E-state index >= 15 is 0 Å². The van der Waals surface area contributed by atoms with Gasteiger partial charge in [-0.05, 0) is 51.6 Å². The van der Waals surface area contributed by atoms with E-state index in [4.69, 9.17) is 20.9 Å². The van der Waals surface area contributed by atoms with Crippen molar-refractivity contribution in [1.29, 1.82) is 0 Å². The van der Waals surface area contributed by atoms with E-state index in [2.05, 4.69) is 34.3 Å². The van der Waals surface area contributed by atoms with Crippen LogP contribution in [0.2, 0.25) is 0 Å². The van der Waals surface area contributed by atoms with Crippen LogP contribution in [0.25, 0.3) is 5.57 Å². The van der Waals surface area contributed by atoms with Crippen LogP contribution in [-0.2, 0) is 4.79 Å². The van der Waals surface area contributed by atoms with Gasteiger partial charge in [-0.25, -0.2) is 10.0 Å². The van der Waals surface area contributed by atoms with Gasteiger partial charge >= 0.3 is 0 Å². The Morgan fingerprint density at radius 1 is 1.27 bits per heavy atom. The van der Waals surface area contributed by atoms with Crippen molar-refractivity contribution >= 4 is 34.3 Å². The lowest BCUT2D eigenvalue weighted by Crippen LogP contribution is -2.43. The summed E-state index contributed by atoms with van der Waals surface area (Å²) in [7, 11) is 0. The zero-order valence-corrected chi connectivity index (χ0v) is 24.4. The van der Waals surface area contributed by atoms with Gasteiger partial charge in [0.2, 0.25) is 11.8 Å². The number of hydroxylamine groups is 1. The van der Waals surface area contributed by atoms with E-state index in [-0.39, 0.29) is 8.76 Å². The number of carbonyl (C=O) groups is 1. The average Bonchev–Trinajstić information content (AvgIpc) is 3.40. The van der Waals surface area contributed by atoms with Gasteiger partial charge in [0, 0.05) is 58.0 Å². The number of nitrogens with one attached hydrogen (secondary N) is 1. The third-order valence-electron chi connectivity index (χ3n) is 7.29. The fourth-order valence-corrected chi connectivity index (χ4v) is 5.04. The molecule has 1 aromatic carbocycles. The molecule has 5 rings (SSSR count). The quantitative estimate of drug-likeness (QED) is 0.364. The summed E-state index contributed by atoms with van der Waals surface area (Å²) in [6.45, 7) is 13.6. The number of pyridine rings is 1. The van der Waals surface area contributed by atoms with E-state index in [1.807, 2.05) is 32.0 Å². The first kappa shape index (κ1) is 30.1. The van der Waals surface area contributed by atoms with Crippen LogP contribution in [0.1, 0.15) is 49.0 Å². The Balaban J connectivity index is 0.000000572. The fraction of sp³-hybridized carbons (Fsp3) is 0.483. The molecule has 0 radical (unpaired) electrons. The first-order valence-corrected chi connectivity index (χ1v) is 14.1. The molecule has 0 unspecified atom stereocenters. The van der Waals surface area contributed by atoms with Crippen molar-refractivity contribution in [2.24, 2.45) is 16.6 Å². The van der Waals surface area contributed by atoms with Gasteiger partial charge in [0.15, 0.2) is 0 Å². The Bertz CT molecular complexity index is 1300. The van der Waals surface area contributed by atoms with Gasteiger partial charge in [0.1, 0.15) is 29.4 Å². The first-order chi connectivity index (χ1) is 19.7. The number of hydrogen-bond acceptors (Lipinski definition) is 11. The Morgan fingerprint density at radius 3 is 2.68 bits per heavy atom. The number of nitrogens with two attached hydrogens (primary N) is 2. The fourth-order valence-electron chi connectivity index (χ4n) is 5.04. The number of hydrogen-bond donors (Lipinski definition) is 4. The van der Waals surface area contributed by atoms with Gasteiger partial charge in [-0.1, -0.05) is 13.8 Å². The van der Waals surface area contributed by atoms with Gasteiger partial charge in [0.05, 0.1) is 18.4 Å². The molecule has 3 aliphatic rings. The number of carbonyl (C=O) groups excluding carboxylic acids is 1. The highest BCUT2D eigenvalue weighted by molar-refractivity contribution is 6.29. The van der Waals surface area contributed by atoms with E-state index in [1.165, 1.54) is 6.20 Å². The summed E-state index contributed by atoms with van der Waals surface area (Å²) in [5, 5.41) is 15.8. The van der Waals surface area contributed by atoms with Crippen LogP contribution < -0.4 is 36.3 Å². The van der Waals surface area contributed by atoms with E-state index in [1.54, 1.807) is 17.2 Å². The van der Waals surface area contributed by atoms with Crippen molar-refractivity contribution in [2.75, 3.05) is 61.3 Å². The molecule has 1 fully saturated rings. The van der Waals surface area contributed by atoms with Crippen molar-refractivity contribution in [1.82, 2.24) is 9.88 Å². The molecule has 1 amide bonds. The van der Waals surface area contributed by atoms with Gasteiger partial charge < -0.3 is 30.7 Å². The molecule has 6 N–H and O–H groups in total. The molecular weight excluding hydrogens is 524 g/mol. The maximum absolute atomic E-state index is 12.2. The first-order valence-electron chi connectivity index (χ1n) is 14.1. The molecule has 12 heteroatoms. The summed E-state index contributed by atoms with van der Waals surface area (Å²) in [5.41, 5.74) is 17.6. The predicted molar refractivity (Wildman–Crippen MR) is 166 cm³/mol. The van der Waals surface area contributed by atoms with Crippen molar-refractivity contribution in [3.8, 4) is 11.6 Å². The lowest BCUT2D eigenvalue weighted by Gasteiger charge is -2.36. The number of aromatic nitrogens is 1. The molecule has 0 spiro atoms. The third kappa shape index (κ3) is 6.72. The minimum absolute atomic E-state index is 0. The zero-order chi connectivity index (χ0) is 29.6. The van der Waals surface area contributed by atoms with Gasteiger partial charge in [-0.15, -0.1) is 0 Å².